The van der Waals surface area contributed by atoms with E-state index in [0.29, 0.717) is 29.4 Å². The van der Waals surface area contributed by atoms with E-state index in [1.165, 1.54) is 0 Å². The van der Waals surface area contributed by atoms with Gasteiger partial charge in [-0.2, -0.15) is 0 Å². The van der Waals surface area contributed by atoms with E-state index < -0.39 is 0 Å². The first kappa shape index (κ1) is 21.0. The van der Waals surface area contributed by atoms with Crippen LogP contribution in [-0.2, 0) is 4.79 Å². The molecule has 1 aliphatic heterocycles. The van der Waals surface area contributed by atoms with Gasteiger partial charge in [0.2, 0.25) is 0 Å². The maximum Gasteiger partial charge on any atom is 0.260 e. The number of carbonyl (C=O) groups excluding carboxylic acids is 2. The molecule has 0 bridgehead atoms. The second-order valence-corrected chi connectivity index (χ2v) is 7.94. The lowest BCUT2D eigenvalue weighted by Gasteiger charge is -2.32. The highest BCUT2D eigenvalue weighted by Gasteiger charge is 2.24. The molecule has 0 atom stereocenters. The zero-order chi connectivity index (χ0) is 21.6. The Morgan fingerprint density at radius 1 is 0.968 bits per heavy atom. The van der Waals surface area contributed by atoms with Gasteiger partial charge < -0.3 is 19.5 Å². The van der Waals surface area contributed by atoms with E-state index in [4.69, 9.17) is 16.3 Å². The Morgan fingerprint density at radius 2 is 1.61 bits per heavy atom. The molecule has 0 unspecified atom stereocenters. The summed E-state index contributed by atoms with van der Waals surface area (Å²) in [5, 5.41) is 3.71. The highest BCUT2D eigenvalue weighted by molar-refractivity contribution is 6.30. The standard InChI is InChI=1S/C24H24ClN3O3/c25-19-5-9-22(10-6-19)31-17-23(29)28-15-11-20(12-16-28)26-24(30)18-3-7-21(8-4-18)27-13-1-2-14-27/h1-10,13-14,20H,11-12,15-17H2,(H,26,30). The van der Waals surface area contributed by atoms with Crippen molar-refractivity contribution >= 4 is 23.4 Å². The van der Waals surface area contributed by atoms with Crippen molar-refractivity contribution in [3.8, 4) is 11.4 Å². The van der Waals surface area contributed by atoms with Crippen molar-refractivity contribution in [3.63, 3.8) is 0 Å². The number of hydrogen-bond acceptors (Lipinski definition) is 3. The normalized spacial score (nSPS) is 14.3. The van der Waals surface area contributed by atoms with E-state index in [0.717, 1.165) is 18.5 Å². The van der Waals surface area contributed by atoms with Crippen molar-refractivity contribution in [2.24, 2.45) is 0 Å². The predicted molar refractivity (Wildman–Crippen MR) is 120 cm³/mol. The largest absolute Gasteiger partial charge is 0.484 e. The number of aromatic nitrogens is 1. The molecule has 3 aromatic rings. The Kier molecular flexibility index (Phi) is 6.57. The average Bonchev–Trinajstić information content (AvgIpc) is 3.34. The van der Waals surface area contributed by atoms with Crippen LogP contribution in [0.5, 0.6) is 5.75 Å². The van der Waals surface area contributed by atoms with E-state index >= 15 is 0 Å². The number of piperidine rings is 1. The van der Waals surface area contributed by atoms with Gasteiger partial charge in [0.1, 0.15) is 5.75 Å². The first-order valence-electron chi connectivity index (χ1n) is 10.3. The Labute approximate surface area is 186 Å². The minimum Gasteiger partial charge on any atom is -0.484 e. The molecular weight excluding hydrogens is 414 g/mol. The molecule has 1 aromatic heterocycles. The first-order chi connectivity index (χ1) is 15.1. The van der Waals surface area contributed by atoms with E-state index in [2.05, 4.69) is 5.32 Å². The molecule has 1 fully saturated rings. The Hall–Kier alpha value is -3.25. The van der Waals surface area contributed by atoms with Crippen molar-refractivity contribution in [2.75, 3.05) is 19.7 Å². The number of benzene rings is 2. The number of likely N-dealkylation sites (tertiary alicyclic amines) is 1. The summed E-state index contributed by atoms with van der Waals surface area (Å²) in [4.78, 5) is 26.8. The highest BCUT2D eigenvalue weighted by Crippen LogP contribution is 2.17. The molecule has 0 aliphatic carbocycles. The molecular formula is C24H24ClN3O3. The molecule has 2 aromatic carbocycles. The number of carbonyl (C=O) groups is 2. The summed E-state index contributed by atoms with van der Waals surface area (Å²) in [6.07, 6.45) is 5.37. The lowest BCUT2D eigenvalue weighted by Crippen LogP contribution is -2.47. The molecule has 160 valence electrons. The Morgan fingerprint density at radius 3 is 2.26 bits per heavy atom. The smallest absolute Gasteiger partial charge is 0.260 e. The van der Waals surface area contributed by atoms with Crippen LogP contribution in [0, 0.1) is 0 Å². The second-order valence-electron chi connectivity index (χ2n) is 7.51. The molecule has 0 radical (unpaired) electrons. The molecule has 7 heteroatoms. The number of amides is 2. The van der Waals surface area contributed by atoms with Crippen LogP contribution in [0.1, 0.15) is 23.2 Å². The van der Waals surface area contributed by atoms with Crippen molar-refractivity contribution in [1.82, 2.24) is 14.8 Å². The van der Waals surface area contributed by atoms with Gasteiger partial charge in [0.25, 0.3) is 11.8 Å². The summed E-state index contributed by atoms with van der Waals surface area (Å²) in [6, 6.07) is 18.4. The summed E-state index contributed by atoms with van der Waals surface area (Å²) in [5.41, 5.74) is 1.64. The minimum absolute atomic E-state index is 0.00754. The lowest BCUT2D eigenvalue weighted by atomic mass is 10.0. The van der Waals surface area contributed by atoms with E-state index in [9.17, 15) is 9.59 Å². The van der Waals surface area contributed by atoms with Gasteiger partial charge in [-0.3, -0.25) is 9.59 Å². The van der Waals surface area contributed by atoms with Gasteiger partial charge in [-0.05, 0) is 73.5 Å². The van der Waals surface area contributed by atoms with E-state index in [1.54, 1.807) is 29.2 Å². The van der Waals surface area contributed by atoms with Crippen LogP contribution >= 0.6 is 11.6 Å². The number of rotatable bonds is 6. The molecule has 4 rings (SSSR count). The van der Waals surface area contributed by atoms with Crippen molar-refractivity contribution in [3.05, 3.63) is 83.6 Å². The summed E-state index contributed by atoms with van der Waals surface area (Å²) >= 11 is 5.85. The number of nitrogens with zero attached hydrogens (tertiary/aromatic N) is 2. The van der Waals surface area contributed by atoms with Crippen LogP contribution in [0.25, 0.3) is 5.69 Å². The summed E-state index contributed by atoms with van der Waals surface area (Å²) in [7, 11) is 0. The van der Waals surface area contributed by atoms with Gasteiger partial charge in [0, 0.05) is 47.8 Å². The SMILES string of the molecule is O=C(NC1CCN(C(=O)COc2ccc(Cl)cc2)CC1)c1ccc(-n2cccc2)cc1. The summed E-state index contributed by atoms with van der Waals surface area (Å²) in [5.74, 6) is 0.470. The van der Waals surface area contributed by atoms with Gasteiger partial charge in [-0.1, -0.05) is 11.6 Å². The number of ether oxygens (including phenoxy) is 1. The van der Waals surface area contributed by atoms with Crippen LogP contribution in [0.4, 0.5) is 0 Å². The first-order valence-corrected chi connectivity index (χ1v) is 10.7. The number of nitrogens with one attached hydrogen (secondary N) is 1. The lowest BCUT2D eigenvalue weighted by molar-refractivity contribution is -0.134. The van der Waals surface area contributed by atoms with E-state index in [1.807, 2.05) is 53.4 Å². The average molecular weight is 438 g/mol. The third-order valence-corrected chi connectivity index (χ3v) is 5.64. The van der Waals surface area contributed by atoms with Crippen LogP contribution in [0.2, 0.25) is 5.02 Å². The monoisotopic (exact) mass is 437 g/mol. The van der Waals surface area contributed by atoms with Gasteiger partial charge in [0.05, 0.1) is 0 Å². The molecule has 0 spiro atoms. The third kappa shape index (κ3) is 5.47. The van der Waals surface area contributed by atoms with Crippen LogP contribution < -0.4 is 10.1 Å². The van der Waals surface area contributed by atoms with Crippen LogP contribution in [0.3, 0.4) is 0 Å². The zero-order valence-corrected chi connectivity index (χ0v) is 17.8. The molecule has 31 heavy (non-hydrogen) atoms. The molecule has 2 amide bonds. The predicted octanol–water partition coefficient (Wildman–Crippen LogP) is 3.93. The van der Waals surface area contributed by atoms with Gasteiger partial charge in [0.15, 0.2) is 6.61 Å². The van der Waals surface area contributed by atoms with Crippen molar-refractivity contribution < 1.29 is 14.3 Å². The molecule has 1 saturated heterocycles. The van der Waals surface area contributed by atoms with Gasteiger partial charge in [-0.15, -0.1) is 0 Å². The molecule has 1 aliphatic rings. The molecule has 6 nitrogen and oxygen atoms in total. The van der Waals surface area contributed by atoms with Crippen molar-refractivity contribution in [2.45, 2.75) is 18.9 Å². The van der Waals surface area contributed by atoms with Gasteiger partial charge >= 0.3 is 0 Å². The summed E-state index contributed by atoms with van der Waals surface area (Å²) < 4.78 is 7.53. The molecule has 1 N–H and O–H groups in total. The quantitative estimate of drug-likeness (QED) is 0.635. The fourth-order valence-corrected chi connectivity index (χ4v) is 3.73. The molecule has 2 heterocycles. The summed E-state index contributed by atoms with van der Waals surface area (Å²) in [6.45, 7) is 1.19. The van der Waals surface area contributed by atoms with Crippen molar-refractivity contribution in [1.29, 1.82) is 0 Å². The fraction of sp³-hybridized carbons (Fsp3) is 0.250. The van der Waals surface area contributed by atoms with Crippen LogP contribution in [-0.4, -0.2) is 47.0 Å². The minimum atomic E-state index is -0.0881. The third-order valence-electron chi connectivity index (χ3n) is 5.39. The maximum atomic E-state index is 12.6. The van der Waals surface area contributed by atoms with Gasteiger partial charge in [-0.25, -0.2) is 0 Å². The second kappa shape index (κ2) is 9.71. The maximum absolute atomic E-state index is 12.6. The van der Waals surface area contributed by atoms with E-state index in [-0.39, 0.29) is 24.5 Å². The fourth-order valence-electron chi connectivity index (χ4n) is 3.60. The Balaban J connectivity index is 1.22. The number of hydrogen-bond donors (Lipinski definition) is 1. The highest BCUT2D eigenvalue weighted by atomic mass is 35.5. The zero-order valence-electron chi connectivity index (χ0n) is 17.0. The molecule has 0 saturated carbocycles. The Bertz CT molecular complexity index is 1010. The number of halogens is 1. The topological polar surface area (TPSA) is 63.6 Å². The van der Waals surface area contributed by atoms with Crippen LogP contribution in [0.15, 0.2) is 73.1 Å².